The molecule has 0 atom stereocenters. The molecule has 1 aliphatic heterocycles. The van der Waals surface area contributed by atoms with Gasteiger partial charge in [0.15, 0.2) is 5.43 Å². The van der Waals surface area contributed by atoms with Gasteiger partial charge in [0.2, 0.25) is 5.88 Å². The Hall–Kier alpha value is -2.62. The quantitative estimate of drug-likeness (QED) is 0.723. The molecule has 0 saturated carbocycles. The average molecular weight is 278 g/mol. The van der Waals surface area contributed by atoms with E-state index in [1.54, 1.807) is 12.3 Å². The molecule has 4 heteroatoms. The van der Waals surface area contributed by atoms with Crippen molar-refractivity contribution >= 4 is 11.0 Å². The molecule has 0 spiro atoms. The van der Waals surface area contributed by atoms with Crippen LogP contribution in [0.25, 0.3) is 11.0 Å². The summed E-state index contributed by atoms with van der Waals surface area (Å²) in [7, 11) is 0. The highest BCUT2D eigenvalue weighted by Gasteiger charge is 2.23. The Bertz CT molecular complexity index is 869. The molecule has 0 bridgehead atoms. The Morgan fingerprint density at radius 3 is 2.86 bits per heavy atom. The van der Waals surface area contributed by atoms with Gasteiger partial charge in [0.05, 0.1) is 24.1 Å². The van der Waals surface area contributed by atoms with Crippen molar-refractivity contribution in [2.24, 2.45) is 0 Å². The van der Waals surface area contributed by atoms with E-state index in [4.69, 9.17) is 4.74 Å². The molecule has 3 aromatic rings. The molecule has 3 heterocycles. The van der Waals surface area contributed by atoms with Crippen LogP contribution in [-0.2, 0) is 13.0 Å². The Kier molecular flexibility index (Phi) is 2.74. The van der Waals surface area contributed by atoms with Gasteiger partial charge in [0.25, 0.3) is 0 Å². The van der Waals surface area contributed by atoms with Crippen LogP contribution in [0.3, 0.4) is 0 Å². The predicted molar refractivity (Wildman–Crippen MR) is 80.7 cm³/mol. The lowest BCUT2D eigenvalue weighted by Crippen LogP contribution is -2.15. The summed E-state index contributed by atoms with van der Waals surface area (Å²) in [6, 6.07) is 13.8. The molecule has 0 saturated heterocycles. The van der Waals surface area contributed by atoms with Gasteiger partial charge < -0.3 is 4.74 Å². The Morgan fingerprint density at radius 2 is 2.00 bits per heavy atom. The maximum Gasteiger partial charge on any atom is 0.202 e. The van der Waals surface area contributed by atoms with Crippen molar-refractivity contribution in [2.45, 2.75) is 13.0 Å². The standard InChI is InChI=1S/C17H14N2O2/c20-15-13-7-4-9-18-16(13)19(17-14(15)8-10-21-17)11-12-5-2-1-3-6-12/h1-7,9H,8,10-11H2. The van der Waals surface area contributed by atoms with E-state index in [0.717, 1.165) is 11.1 Å². The third-order valence-corrected chi connectivity index (χ3v) is 3.84. The first kappa shape index (κ1) is 12.1. The molecule has 2 aromatic heterocycles. The molecule has 4 rings (SSSR count). The second-order valence-corrected chi connectivity index (χ2v) is 5.16. The van der Waals surface area contributed by atoms with Crippen molar-refractivity contribution in [3.63, 3.8) is 0 Å². The molecular weight excluding hydrogens is 264 g/mol. The normalized spacial score (nSPS) is 13.1. The molecule has 0 fully saturated rings. The molecule has 1 aliphatic rings. The van der Waals surface area contributed by atoms with Gasteiger partial charge >= 0.3 is 0 Å². The molecule has 4 nitrogen and oxygen atoms in total. The smallest absolute Gasteiger partial charge is 0.202 e. The number of ether oxygens (including phenoxy) is 1. The van der Waals surface area contributed by atoms with Gasteiger partial charge in [-0.1, -0.05) is 30.3 Å². The average Bonchev–Trinajstić information content (AvgIpc) is 3.02. The van der Waals surface area contributed by atoms with Crippen LogP contribution >= 0.6 is 0 Å². The van der Waals surface area contributed by atoms with Crippen molar-refractivity contribution in [2.75, 3.05) is 6.61 Å². The maximum absolute atomic E-state index is 12.5. The van der Waals surface area contributed by atoms with Gasteiger partial charge in [-0.15, -0.1) is 0 Å². The summed E-state index contributed by atoms with van der Waals surface area (Å²) in [4.78, 5) is 16.9. The summed E-state index contributed by atoms with van der Waals surface area (Å²) in [5, 5.41) is 0.665. The van der Waals surface area contributed by atoms with Gasteiger partial charge in [0, 0.05) is 12.6 Å². The molecule has 0 radical (unpaired) electrons. The second-order valence-electron chi connectivity index (χ2n) is 5.16. The minimum absolute atomic E-state index is 0.0508. The maximum atomic E-state index is 12.5. The van der Waals surface area contributed by atoms with E-state index in [-0.39, 0.29) is 5.43 Å². The van der Waals surface area contributed by atoms with Crippen LogP contribution in [0.5, 0.6) is 5.88 Å². The highest BCUT2D eigenvalue weighted by molar-refractivity contribution is 5.77. The third-order valence-electron chi connectivity index (χ3n) is 3.84. The van der Waals surface area contributed by atoms with Crippen molar-refractivity contribution < 1.29 is 4.74 Å². The summed E-state index contributed by atoms with van der Waals surface area (Å²) in [5.41, 5.74) is 2.67. The van der Waals surface area contributed by atoms with Gasteiger partial charge in [-0.05, 0) is 17.7 Å². The van der Waals surface area contributed by atoms with E-state index in [0.29, 0.717) is 36.5 Å². The monoisotopic (exact) mass is 278 g/mol. The first-order valence-electron chi connectivity index (χ1n) is 7.02. The van der Waals surface area contributed by atoms with Crippen LogP contribution in [-0.4, -0.2) is 16.2 Å². The fourth-order valence-electron chi connectivity index (χ4n) is 2.86. The van der Waals surface area contributed by atoms with Crippen molar-refractivity contribution in [1.82, 2.24) is 9.55 Å². The number of hydrogen-bond acceptors (Lipinski definition) is 3. The molecule has 0 N–H and O–H groups in total. The fraction of sp³-hybridized carbons (Fsp3) is 0.176. The molecule has 104 valence electrons. The van der Waals surface area contributed by atoms with E-state index in [1.807, 2.05) is 28.8 Å². The lowest BCUT2D eigenvalue weighted by atomic mass is 10.1. The summed E-state index contributed by atoms with van der Waals surface area (Å²) >= 11 is 0. The summed E-state index contributed by atoms with van der Waals surface area (Å²) in [5.74, 6) is 0.676. The van der Waals surface area contributed by atoms with Crippen LogP contribution in [0.15, 0.2) is 53.5 Å². The molecule has 1 aromatic carbocycles. The van der Waals surface area contributed by atoms with E-state index < -0.39 is 0 Å². The zero-order valence-corrected chi connectivity index (χ0v) is 11.5. The Balaban J connectivity index is 1.99. The van der Waals surface area contributed by atoms with E-state index in [1.165, 1.54) is 0 Å². The first-order chi connectivity index (χ1) is 10.3. The van der Waals surface area contributed by atoms with Crippen molar-refractivity contribution in [3.05, 3.63) is 70.0 Å². The molecular formula is C17H14N2O2. The minimum atomic E-state index is 0.0508. The first-order valence-corrected chi connectivity index (χ1v) is 7.02. The zero-order valence-electron chi connectivity index (χ0n) is 11.5. The van der Waals surface area contributed by atoms with E-state index >= 15 is 0 Å². The lowest BCUT2D eigenvalue weighted by Gasteiger charge is -2.14. The fourth-order valence-corrected chi connectivity index (χ4v) is 2.86. The number of rotatable bonds is 2. The van der Waals surface area contributed by atoms with E-state index in [2.05, 4.69) is 17.1 Å². The van der Waals surface area contributed by atoms with Crippen LogP contribution in [0.2, 0.25) is 0 Å². The third kappa shape index (κ3) is 1.91. The zero-order chi connectivity index (χ0) is 14.2. The van der Waals surface area contributed by atoms with Crippen LogP contribution in [0.1, 0.15) is 11.1 Å². The van der Waals surface area contributed by atoms with Crippen LogP contribution in [0, 0.1) is 0 Å². The number of nitrogens with zero attached hydrogens (tertiary/aromatic N) is 2. The van der Waals surface area contributed by atoms with Crippen LogP contribution in [0.4, 0.5) is 0 Å². The topological polar surface area (TPSA) is 44.1 Å². The van der Waals surface area contributed by atoms with Crippen molar-refractivity contribution in [1.29, 1.82) is 0 Å². The number of benzene rings is 1. The number of aromatic nitrogens is 2. The molecule has 0 amide bonds. The van der Waals surface area contributed by atoms with Gasteiger partial charge in [0.1, 0.15) is 5.65 Å². The summed E-state index contributed by atoms with van der Waals surface area (Å²) in [6.07, 6.45) is 2.39. The molecule has 21 heavy (non-hydrogen) atoms. The SMILES string of the molecule is O=c1c2c(n(Cc3ccccc3)c3ncccc13)OCC2. The molecule has 0 unspecified atom stereocenters. The lowest BCUT2D eigenvalue weighted by molar-refractivity contribution is 0.330. The van der Waals surface area contributed by atoms with Crippen molar-refractivity contribution in [3.8, 4) is 5.88 Å². The second kappa shape index (κ2) is 4.74. The Labute approximate surface area is 121 Å². The van der Waals surface area contributed by atoms with Gasteiger partial charge in [-0.25, -0.2) is 4.98 Å². The number of fused-ring (bicyclic) bond motifs is 2. The largest absolute Gasteiger partial charge is 0.478 e. The minimum Gasteiger partial charge on any atom is -0.478 e. The van der Waals surface area contributed by atoms with Crippen LogP contribution < -0.4 is 10.2 Å². The predicted octanol–water partition coefficient (Wildman–Crippen LogP) is 2.38. The highest BCUT2D eigenvalue weighted by Crippen LogP contribution is 2.27. The summed E-state index contributed by atoms with van der Waals surface area (Å²) in [6.45, 7) is 1.21. The molecule has 0 aliphatic carbocycles. The van der Waals surface area contributed by atoms with Gasteiger partial charge in [-0.2, -0.15) is 0 Å². The van der Waals surface area contributed by atoms with E-state index in [9.17, 15) is 4.79 Å². The summed E-state index contributed by atoms with van der Waals surface area (Å²) < 4.78 is 7.72. The Morgan fingerprint density at radius 1 is 1.14 bits per heavy atom. The highest BCUT2D eigenvalue weighted by atomic mass is 16.5. The number of pyridine rings is 2. The van der Waals surface area contributed by atoms with Gasteiger partial charge in [-0.3, -0.25) is 9.36 Å². The number of hydrogen-bond donors (Lipinski definition) is 0.